The number of hydrogen-bond donors (Lipinski definition) is 2. The summed E-state index contributed by atoms with van der Waals surface area (Å²) in [6, 6.07) is 4.32. The molecule has 186 valence electrons. The molecule has 0 bridgehead atoms. The van der Waals surface area contributed by atoms with Crippen molar-refractivity contribution in [1.29, 1.82) is 0 Å². The molecule has 2 atom stereocenters. The number of halogens is 4. The van der Waals surface area contributed by atoms with Crippen LogP contribution in [0, 0.1) is 11.7 Å². The lowest BCUT2D eigenvalue weighted by Gasteiger charge is -2.38. The molecule has 1 aromatic carbocycles. The summed E-state index contributed by atoms with van der Waals surface area (Å²) in [5.41, 5.74) is 2.26. The van der Waals surface area contributed by atoms with E-state index in [0.29, 0.717) is 5.56 Å². The summed E-state index contributed by atoms with van der Waals surface area (Å²) in [6.45, 7) is 0.667. The van der Waals surface area contributed by atoms with Gasteiger partial charge in [-0.2, -0.15) is 17.5 Å². The number of nitrogens with zero attached hydrogens (tertiary/aromatic N) is 2. The number of hydrogen-bond acceptors (Lipinski definition) is 6. The summed E-state index contributed by atoms with van der Waals surface area (Å²) in [5.74, 6) is -2.03. The third-order valence-corrected chi connectivity index (χ3v) is 8.21. The number of aryl methyl sites for hydroxylation is 1. The number of carbonyl (C=O) groups is 1. The van der Waals surface area contributed by atoms with Gasteiger partial charge in [0, 0.05) is 32.6 Å². The Kier molecular flexibility index (Phi) is 8.19. The quantitative estimate of drug-likeness (QED) is 0.340. The lowest BCUT2D eigenvalue weighted by Crippen LogP contribution is -2.53. The molecule has 1 aromatic rings. The number of hydroxylamine groups is 1. The number of benzene rings is 1. The number of rotatable bonds is 7. The molecule has 0 aromatic heterocycles. The minimum absolute atomic E-state index is 0.0255. The molecule has 0 spiro atoms. The van der Waals surface area contributed by atoms with Crippen LogP contribution in [0.4, 0.5) is 23.2 Å². The zero-order valence-corrected chi connectivity index (χ0v) is 18.7. The standard InChI is InChI=1S/C20H27F4N3O5S/c21-17-10-14(2-1-5-20(22,23)24)3-4-18(17)26-6-8-27(9-7-26)33(30,31)16-11-15(12-32-13-16)19(28)25-29/h3-4,10,15-16,29H,1-2,5-9,11-13H2,(H,25,28). The van der Waals surface area contributed by atoms with E-state index in [4.69, 9.17) is 9.94 Å². The molecular formula is C20H27F4N3O5S. The number of alkyl halides is 3. The molecule has 2 aliphatic heterocycles. The maximum atomic E-state index is 14.6. The molecule has 2 aliphatic rings. The van der Waals surface area contributed by atoms with Crippen molar-refractivity contribution in [3.05, 3.63) is 29.6 Å². The molecule has 33 heavy (non-hydrogen) atoms. The number of carbonyl (C=O) groups excluding carboxylic acids is 1. The molecule has 13 heteroatoms. The zero-order valence-electron chi connectivity index (χ0n) is 17.9. The van der Waals surface area contributed by atoms with Crippen molar-refractivity contribution in [1.82, 2.24) is 9.79 Å². The Morgan fingerprint density at radius 1 is 1.18 bits per heavy atom. The van der Waals surface area contributed by atoms with Crippen LogP contribution >= 0.6 is 0 Å². The van der Waals surface area contributed by atoms with Crippen molar-refractivity contribution in [2.75, 3.05) is 44.3 Å². The second kappa shape index (κ2) is 10.5. The molecule has 2 saturated heterocycles. The van der Waals surface area contributed by atoms with Crippen LogP contribution in [0.15, 0.2) is 18.2 Å². The van der Waals surface area contributed by atoms with Crippen LogP contribution in [-0.4, -0.2) is 74.7 Å². The Bertz CT molecular complexity index is 936. The van der Waals surface area contributed by atoms with Crippen LogP contribution in [0.25, 0.3) is 0 Å². The Morgan fingerprint density at radius 3 is 2.48 bits per heavy atom. The maximum Gasteiger partial charge on any atom is 0.389 e. The second-order valence-corrected chi connectivity index (χ2v) is 10.5. The third-order valence-electron chi connectivity index (χ3n) is 5.95. The molecular weight excluding hydrogens is 470 g/mol. The average molecular weight is 498 g/mol. The van der Waals surface area contributed by atoms with Gasteiger partial charge in [0.2, 0.25) is 15.9 Å². The predicted molar refractivity (Wildman–Crippen MR) is 111 cm³/mol. The Morgan fingerprint density at radius 2 is 1.88 bits per heavy atom. The second-order valence-electron chi connectivity index (χ2n) is 8.25. The topological polar surface area (TPSA) is 99.2 Å². The monoisotopic (exact) mass is 497 g/mol. The van der Waals surface area contributed by atoms with Gasteiger partial charge in [0.05, 0.1) is 30.1 Å². The molecule has 8 nitrogen and oxygen atoms in total. The van der Waals surface area contributed by atoms with E-state index >= 15 is 0 Å². The summed E-state index contributed by atoms with van der Waals surface area (Å²) in [4.78, 5) is 13.3. The van der Waals surface area contributed by atoms with Gasteiger partial charge in [-0.05, 0) is 37.0 Å². The number of piperazine rings is 1. The fourth-order valence-electron chi connectivity index (χ4n) is 4.13. The van der Waals surface area contributed by atoms with Crippen molar-refractivity contribution in [3.8, 4) is 0 Å². The van der Waals surface area contributed by atoms with E-state index in [0.717, 1.165) is 0 Å². The summed E-state index contributed by atoms with van der Waals surface area (Å²) < 4.78 is 84.0. The molecule has 3 rings (SSSR count). The molecule has 2 fully saturated rings. The fourth-order valence-corrected chi connectivity index (χ4v) is 5.96. The van der Waals surface area contributed by atoms with Crippen molar-refractivity contribution < 1.29 is 40.7 Å². The van der Waals surface area contributed by atoms with E-state index in [1.807, 2.05) is 0 Å². The normalized spacial score (nSPS) is 22.9. The van der Waals surface area contributed by atoms with E-state index in [-0.39, 0.29) is 64.3 Å². The maximum absolute atomic E-state index is 14.6. The van der Waals surface area contributed by atoms with Crippen LogP contribution in [0.3, 0.4) is 0 Å². The van der Waals surface area contributed by atoms with Crippen molar-refractivity contribution >= 4 is 21.6 Å². The molecule has 2 heterocycles. The summed E-state index contributed by atoms with van der Waals surface area (Å²) in [5, 5.41) is 7.86. The van der Waals surface area contributed by atoms with Gasteiger partial charge < -0.3 is 9.64 Å². The first-order valence-corrected chi connectivity index (χ1v) is 12.1. The number of nitrogens with one attached hydrogen (secondary N) is 1. The number of anilines is 1. The molecule has 2 N–H and O–H groups in total. The molecule has 1 amide bonds. The van der Waals surface area contributed by atoms with Crippen LogP contribution in [0.1, 0.15) is 24.8 Å². The minimum atomic E-state index is -4.24. The zero-order chi connectivity index (χ0) is 24.2. The lowest BCUT2D eigenvalue weighted by atomic mass is 10.0. The Balaban J connectivity index is 1.57. The highest BCUT2D eigenvalue weighted by Crippen LogP contribution is 2.28. The highest BCUT2D eigenvalue weighted by Gasteiger charge is 2.40. The first kappa shape index (κ1) is 25.7. The third kappa shape index (κ3) is 6.55. The predicted octanol–water partition coefficient (Wildman–Crippen LogP) is 2.07. The Hall–Kier alpha value is -1.96. The van der Waals surface area contributed by atoms with Crippen LogP contribution in [0.2, 0.25) is 0 Å². The summed E-state index contributed by atoms with van der Waals surface area (Å²) in [7, 11) is -3.77. The largest absolute Gasteiger partial charge is 0.389 e. The molecule has 2 unspecified atom stereocenters. The van der Waals surface area contributed by atoms with Gasteiger partial charge in [0.25, 0.3) is 0 Å². The van der Waals surface area contributed by atoms with Gasteiger partial charge in [0.1, 0.15) is 5.82 Å². The fraction of sp³-hybridized carbons (Fsp3) is 0.650. The van der Waals surface area contributed by atoms with Gasteiger partial charge in [-0.25, -0.2) is 18.3 Å². The van der Waals surface area contributed by atoms with E-state index in [1.165, 1.54) is 21.9 Å². The SMILES string of the molecule is O=C(NO)C1COCC(S(=O)(=O)N2CCN(c3ccc(CCCC(F)(F)F)cc3F)CC2)C1. The summed E-state index contributed by atoms with van der Waals surface area (Å²) >= 11 is 0. The van der Waals surface area contributed by atoms with Gasteiger partial charge in [-0.1, -0.05) is 6.07 Å². The van der Waals surface area contributed by atoms with E-state index in [9.17, 15) is 30.8 Å². The first-order valence-electron chi connectivity index (χ1n) is 10.6. The van der Waals surface area contributed by atoms with Crippen LogP contribution in [0.5, 0.6) is 0 Å². The molecule has 0 radical (unpaired) electrons. The summed E-state index contributed by atoms with van der Waals surface area (Å²) in [6.07, 6.45) is -5.15. The molecule has 0 saturated carbocycles. The van der Waals surface area contributed by atoms with Gasteiger partial charge >= 0.3 is 6.18 Å². The number of amides is 1. The lowest BCUT2D eigenvalue weighted by molar-refractivity contribution is -0.137. The van der Waals surface area contributed by atoms with Crippen LogP contribution in [-0.2, 0) is 26.0 Å². The minimum Gasteiger partial charge on any atom is -0.379 e. The average Bonchev–Trinajstić information content (AvgIpc) is 2.78. The number of sulfonamides is 1. The van der Waals surface area contributed by atoms with Crippen molar-refractivity contribution in [2.24, 2.45) is 5.92 Å². The van der Waals surface area contributed by atoms with E-state index < -0.39 is 45.5 Å². The highest BCUT2D eigenvalue weighted by atomic mass is 32.2. The van der Waals surface area contributed by atoms with E-state index in [1.54, 1.807) is 11.0 Å². The van der Waals surface area contributed by atoms with Gasteiger partial charge in [-0.3, -0.25) is 10.0 Å². The van der Waals surface area contributed by atoms with Crippen molar-refractivity contribution in [3.63, 3.8) is 0 Å². The number of ether oxygens (including phenoxy) is 1. The Labute approximate surface area is 189 Å². The first-order chi connectivity index (χ1) is 15.5. The highest BCUT2D eigenvalue weighted by molar-refractivity contribution is 7.89. The van der Waals surface area contributed by atoms with Crippen molar-refractivity contribution in [2.45, 2.75) is 37.1 Å². The smallest absolute Gasteiger partial charge is 0.379 e. The van der Waals surface area contributed by atoms with Gasteiger partial charge in [-0.15, -0.1) is 0 Å². The van der Waals surface area contributed by atoms with Crippen LogP contribution < -0.4 is 10.4 Å². The van der Waals surface area contributed by atoms with Gasteiger partial charge in [0.15, 0.2) is 0 Å². The molecule has 0 aliphatic carbocycles. The van der Waals surface area contributed by atoms with E-state index in [2.05, 4.69) is 0 Å².